The van der Waals surface area contributed by atoms with Crippen molar-refractivity contribution in [2.75, 3.05) is 32.5 Å². The number of nitrogens with two attached hydrogens (primary N) is 1. The molecular formula is C27H35N3O4S2. The van der Waals surface area contributed by atoms with Crippen molar-refractivity contribution in [2.24, 2.45) is 11.1 Å². The number of carboxylic acid groups (broad SMARTS) is 1. The van der Waals surface area contributed by atoms with Gasteiger partial charge in [0.1, 0.15) is 5.75 Å². The number of rotatable bonds is 12. The van der Waals surface area contributed by atoms with Gasteiger partial charge in [-0.25, -0.2) is 0 Å². The number of aliphatic carboxylic acids is 1. The number of piperidine rings is 1. The van der Waals surface area contributed by atoms with E-state index in [-0.39, 0.29) is 18.4 Å². The van der Waals surface area contributed by atoms with Gasteiger partial charge in [-0.15, -0.1) is 23.1 Å². The molecule has 7 nitrogen and oxygen atoms in total. The zero-order valence-corrected chi connectivity index (χ0v) is 22.3. The van der Waals surface area contributed by atoms with Crippen LogP contribution in [-0.2, 0) is 11.3 Å². The first-order valence-electron chi connectivity index (χ1n) is 12.4. The summed E-state index contributed by atoms with van der Waals surface area (Å²) in [6.07, 6.45) is 3.88. The Balaban J connectivity index is 1.43. The van der Waals surface area contributed by atoms with Crippen molar-refractivity contribution in [2.45, 2.75) is 49.0 Å². The average molecular weight is 530 g/mol. The van der Waals surface area contributed by atoms with E-state index in [0.717, 1.165) is 60.3 Å². The van der Waals surface area contributed by atoms with Gasteiger partial charge in [-0.1, -0.05) is 6.07 Å². The summed E-state index contributed by atoms with van der Waals surface area (Å²) in [5, 5.41) is 24.0. The molecule has 1 aliphatic heterocycles. The Bertz CT molecular complexity index is 1140. The van der Waals surface area contributed by atoms with E-state index in [9.17, 15) is 15.0 Å². The van der Waals surface area contributed by atoms with Gasteiger partial charge in [0.2, 0.25) is 0 Å². The summed E-state index contributed by atoms with van der Waals surface area (Å²) in [5.41, 5.74) is 8.04. The van der Waals surface area contributed by atoms with Crippen molar-refractivity contribution in [3.8, 4) is 5.75 Å². The minimum atomic E-state index is -0.770. The number of benzene rings is 1. The number of ether oxygens (including phenoxy) is 1. The van der Waals surface area contributed by atoms with Crippen LogP contribution in [0.15, 0.2) is 46.1 Å². The summed E-state index contributed by atoms with van der Waals surface area (Å²) in [4.78, 5) is 18.7. The lowest BCUT2D eigenvalue weighted by atomic mass is 9.71. The maximum Gasteiger partial charge on any atom is 0.303 e. The second kappa shape index (κ2) is 12.4. The number of likely N-dealkylation sites (tertiary alicyclic amines) is 1. The van der Waals surface area contributed by atoms with E-state index in [1.807, 2.05) is 30.0 Å². The molecule has 1 aromatic carbocycles. The van der Waals surface area contributed by atoms with Crippen molar-refractivity contribution >= 4 is 40.0 Å². The van der Waals surface area contributed by atoms with Crippen LogP contribution in [0.3, 0.4) is 0 Å². The van der Waals surface area contributed by atoms with Crippen molar-refractivity contribution < 1.29 is 19.7 Å². The Labute approximate surface area is 220 Å². The molecule has 36 heavy (non-hydrogen) atoms. The van der Waals surface area contributed by atoms with Crippen molar-refractivity contribution in [1.29, 1.82) is 0 Å². The zero-order chi connectivity index (χ0) is 25.5. The lowest BCUT2D eigenvalue weighted by molar-refractivity contribution is -0.141. The lowest BCUT2D eigenvalue weighted by Gasteiger charge is -2.41. The van der Waals surface area contributed by atoms with Gasteiger partial charge in [0, 0.05) is 30.4 Å². The number of fused-ring (bicyclic) bond motifs is 1. The summed E-state index contributed by atoms with van der Waals surface area (Å²) in [6, 6.07) is 9.84. The van der Waals surface area contributed by atoms with Crippen LogP contribution < -0.4 is 10.5 Å². The van der Waals surface area contributed by atoms with Crippen molar-refractivity contribution in [3.63, 3.8) is 0 Å². The summed E-state index contributed by atoms with van der Waals surface area (Å²) in [5.74, 6) is 0.956. The Hall–Kier alpha value is -2.17. The molecule has 4 rings (SSSR count). The normalized spacial score (nSPS) is 16.8. The first-order valence-corrected chi connectivity index (χ1v) is 14.2. The minimum Gasteiger partial charge on any atom is -0.497 e. The molecule has 1 atom stereocenters. The molecule has 0 spiro atoms. The fourth-order valence-electron chi connectivity index (χ4n) is 5.21. The largest absolute Gasteiger partial charge is 0.497 e. The molecule has 0 unspecified atom stereocenters. The molecule has 0 aliphatic carbocycles. The van der Waals surface area contributed by atoms with E-state index in [1.165, 1.54) is 4.21 Å². The predicted molar refractivity (Wildman–Crippen MR) is 146 cm³/mol. The monoisotopic (exact) mass is 529 g/mol. The molecule has 2 aromatic heterocycles. The fourth-order valence-corrected chi connectivity index (χ4v) is 7.07. The number of carbonyl (C=O) groups is 1. The molecule has 3 aromatic rings. The first kappa shape index (κ1) is 26.9. The molecule has 1 fully saturated rings. The summed E-state index contributed by atoms with van der Waals surface area (Å²) in [6.45, 7) is 3.04. The van der Waals surface area contributed by atoms with Crippen molar-refractivity contribution in [1.82, 2.24) is 9.88 Å². The number of hydrogen-bond acceptors (Lipinski definition) is 8. The molecule has 9 heteroatoms. The first-order chi connectivity index (χ1) is 17.4. The molecule has 0 amide bonds. The molecule has 1 saturated heterocycles. The van der Waals surface area contributed by atoms with Gasteiger partial charge in [-0.2, -0.15) is 0 Å². The van der Waals surface area contributed by atoms with Crippen LogP contribution in [0, 0.1) is 5.41 Å². The third kappa shape index (κ3) is 6.58. The minimum absolute atomic E-state index is 0.131. The Morgan fingerprint density at radius 1 is 1.33 bits per heavy atom. The molecule has 1 aliphatic rings. The van der Waals surface area contributed by atoms with Crippen LogP contribution in [0.1, 0.15) is 49.3 Å². The number of thioether (sulfide) groups is 1. The van der Waals surface area contributed by atoms with Crippen LogP contribution in [0.2, 0.25) is 0 Å². The van der Waals surface area contributed by atoms with Gasteiger partial charge >= 0.3 is 5.97 Å². The Morgan fingerprint density at radius 3 is 2.81 bits per heavy atom. The highest BCUT2D eigenvalue weighted by Crippen LogP contribution is 2.42. The molecule has 0 radical (unpaired) electrons. The van der Waals surface area contributed by atoms with Gasteiger partial charge in [-0.3, -0.25) is 9.78 Å². The Kier molecular flexibility index (Phi) is 9.25. The average Bonchev–Trinajstić information content (AvgIpc) is 3.40. The smallest absolute Gasteiger partial charge is 0.303 e. The topological polar surface area (TPSA) is 109 Å². The molecular weight excluding hydrogens is 494 g/mol. The second-order valence-electron chi connectivity index (χ2n) is 9.53. The molecule has 3 heterocycles. The zero-order valence-electron chi connectivity index (χ0n) is 20.7. The number of pyridine rings is 1. The molecule has 0 bridgehead atoms. The number of thiophene rings is 1. The molecule has 4 N–H and O–H groups in total. The highest BCUT2D eigenvalue weighted by Gasteiger charge is 2.37. The summed E-state index contributed by atoms with van der Waals surface area (Å²) >= 11 is 3.64. The number of aliphatic hydroxyl groups is 1. The van der Waals surface area contributed by atoms with E-state index in [2.05, 4.69) is 27.4 Å². The molecule has 194 valence electrons. The van der Waals surface area contributed by atoms with Gasteiger partial charge in [-0.05, 0) is 85.0 Å². The van der Waals surface area contributed by atoms with Crippen LogP contribution in [-0.4, -0.2) is 58.6 Å². The van der Waals surface area contributed by atoms with Gasteiger partial charge in [0.05, 0.1) is 29.4 Å². The van der Waals surface area contributed by atoms with Crippen LogP contribution in [0.5, 0.6) is 5.75 Å². The summed E-state index contributed by atoms with van der Waals surface area (Å²) < 4.78 is 6.73. The Morgan fingerprint density at radius 2 is 2.14 bits per heavy atom. The highest BCUT2D eigenvalue weighted by atomic mass is 32.2. The quantitative estimate of drug-likeness (QED) is 0.284. The number of nitrogens with zero attached hydrogens (tertiary/aromatic N) is 2. The van der Waals surface area contributed by atoms with Crippen LogP contribution in [0.4, 0.5) is 0 Å². The SMILES string of the molecule is COc1ccc2ncc(CN)c([C@@H](O)CCC3(CC(=O)O)CCN(CCSc4cccs4)CC3)c2c1. The highest BCUT2D eigenvalue weighted by molar-refractivity contribution is 8.01. The second-order valence-corrected chi connectivity index (χ2v) is 11.9. The van der Waals surface area contributed by atoms with E-state index in [0.29, 0.717) is 18.6 Å². The maximum atomic E-state index is 11.8. The fraction of sp³-hybridized carbons (Fsp3) is 0.481. The van der Waals surface area contributed by atoms with Gasteiger partial charge in [0.15, 0.2) is 0 Å². The summed E-state index contributed by atoms with van der Waals surface area (Å²) in [7, 11) is 1.61. The number of aromatic nitrogens is 1. The van der Waals surface area contributed by atoms with Crippen LogP contribution >= 0.6 is 23.1 Å². The number of methoxy groups -OCH3 is 1. The van der Waals surface area contributed by atoms with E-state index >= 15 is 0 Å². The van der Waals surface area contributed by atoms with Crippen LogP contribution in [0.25, 0.3) is 10.9 Å². The standard InChI is InChI=1S/C27H35N3O4S2/c1-34-20-4-5-22-21(15-20)26(19(17-28)18-29-22)23(31)6-7-27(16-24(32)33)8-10-30(11-9-27)12-14-36-25-3-2-13-35-25/h2-5,13,15,18,23,31H,6-12,14,16-17,28H2,1H3,(H,32,33)/t23-/m0/s1. The van der Waals surface area contributed by atoms with E-state index < -0.39 is 12.1 Å². The number of hydrogen-bond donors (Lipinski definition) is 3. The predicted octanol–water partition coefficient (Wildman–Crippen LogP) is 4.93. The van der Waals surface area contributed by atoms with E-state index in [4.69, 9.17) is 10.5 Å². The number of carboxylic acids is 1. The van der Waals surface area contributed by atoms with Crippen molar-refractivity contribution in [3.05, 3.63) is 53.0 Å². The lowest BCUT2D eigenvalue weighted by Crippen LogP contribution is -2.42. The molecule has 0 saturated carbocycles. The maximum absolute atomic E-state index is 11.8. The van der Waals surface area contributed by atoms with E-state index in [1.54, 1.807) is 24.6 Å². The van der Waals surface area contributed by atoms with Gasteiger partial charge in [0.25, 0.3) is 0 Å². The van der Waals surface area contributed by atoms with Gasteiger partial charge < -0.3 is 25.6 Å². The third-order valence-electron chi connectivity index (χ3n) is 7.29. The number of aliphatic hydroxyl groups excluding tert-OH is 1. The third-order valence-corrected chi connectivity index (χ3v) is 9.40.